The van der Waals surface area contributed by atoms with Crippen LogP contribution in [-0.2, 0) is 11.2 Å². The summed E-state index contributed by atoms with van der Waals surface area (Å²) in [4.78, 5) is 13.8. The quantitative estimate of drug-likeness (QED) is 0.671. The summed E-state index contributed by atoms with van der Waals surface area (Å²) in [5.41, 5.74) is 4.01. The average molecular weight is 369 g/mol. The molecule has 3 aromatic rings. The van der Waals surface area contributed by atoms with Gasteiger partial charge in [-0.1, -0.05) is 49.3 Å². The van der Waals surface area contributed by atoms with E-state index in [1.807, 2.05) is 25.3 Å². The van der Waals surface area contributed by atoms with Crippen molar-refractivity contribution in [3.63, 3.8) is 0 Å². The Morgan fingerprint density at radius 1 is 1.15 bits per heavy atom. The zero-order valence-electron chi connectivity index (χ0n) is 15.6. The van der Waals surface area contributed by atoms with Crippen molar-refractivity contribution in [1.82, 2.24) is 10.5 Å². The number of carbonyl (C=O) groups is 1. The number of rotatable bonds is 6. The molecule has 4 nitrogen and oxygen atoms in total. The van der Waals surface area contributed by atoms with E-state index in [1.54, 1.807) is 11.3 Å². The maximum Gasteiger partial charge on any atom is 0.225 e. The number of nitrogens with one attached hydrogen (secondary N) is 1. The smallest absolute Gasteiger partial charge is 0.225 e. The molecule has 0 aliphatic heterocycles. The molecular weight excluding hydrogens is 344 g/mol. The second-order valence-electron chi connectivity index (χ2n) is 6.82. The van der Waals surface area contributed by atoms with Crippen molar-refractivity contribution in [3.8, 4) is 0 Å². The molecule has 0 fully saturated rings. The molecular formula is C21H24N2O2S. The van der Waals surface area contributed by atoms with E-state index in [-0.39, 0.29) is 18.4 Å². The van der Waals surface area contributed by atoms with E-state index in [9.17, 15) is 4.79 Å². The van der Waals surface area contributed by atoms with Crippen LogP contribution in [0, 0.1) is 13.8 Å². The van der Waals surface area contributed by atoms with Crippen LogP contribution in [0.4, 0.5) is 0 Å². The third-order valence-corrected chi connectivity index (χ3v) is 5.53. The molecule has 136 valence electrons. The fourth-order valence-corrected chi connectivity index (χ4v) is 3.78. The Morgan fingerprint density at radius 2 is 1.85 bits per heavy atom. The summed E-state index contributed by atoms with van der Waals surface area (Å²) in [6.07, 6.45) is 0.271. The van der Waals surface area contributed by atoms with Gasteiger partial charge in [-0.05, 0) is 42.3 Å². The number of benzene rings is 1. The van der Waals surface area contributed by atoms with E-state index < -0.39 is 0 Å². The van der Waals surface area contributed by atoms with E-state index in [4.69, 9.17) is 4.52 Å². The average Bonchev–Trinajstić information content (AvgIpc) is 3.25. The molecule has 0 unspecified atom stereocenters. The summed E-state index contributed by atoms with van der Waals surface area (Å²) in [6, 6.07) is 12.4. The van der Waals surface area contributed by atoms with Crippen LogP contribution in [0.5, 0.6) is 0 Å². The molecule has 1 amide bonds. The third kappa shape index (κ3) is 4.05. The molecule has 3 rings (SSSR count). The predicted octanol–water partition coefficient (Wildman–Crippen LogP) is 4.92. The molecule has 2 heterocycles. The summed E-state index contributed by atoms with van der Waals surface area (Å²) >= 11 is 1.65. The van der Waals surface area contributed by atoms with E-state index in [1.165, 1.54) is 5.56 Å². The lowest BCUT2D eigenvalue weighted by molar-refractivity contribution is -0.120. The van der Waals surface area contributed by atoms with Crippen molar-refractivity contribution in [2.45, 2.75) is 46.1 Å². The molecule has 5 heteroatoms. The lowest BCUT2D eigenvalue weighted by atomic mass is 9.98. The number of aryl methyl sites for hydroxylation is 2. The zero-order valence-corrected chi connectivity index (χ0v) is 16.4. The highest BCUT2D eigenvalue weighted by atomic mass is 32.1. The Bertz CT molecular complexity index is 845. The van der Waals surface area contributed by atoms with Crippen molar-refractivity contribution < 1.29 is 9.32 Å². The number of hydrogen-bond donors (Lipinski definition) is 1. The number of thiophene rings is 1. The van der Waals surface area contributed by atoms with Gasteiger partial charge >= 0.3 is 0 Å². The molecule has 0 bridgehead atoms. The lowest BCUT2D eigenvalue weighted by Gasteiger charge is -2.19. The highest BCUT2D eigenvalue weighted by Gasteiger charge is 2.20. The maximum absolute atomic E-state index is 12.7. The largest absolute Gasteiger partial charge is 0.361 e. The Morgan fingerprint density at radius 3 is 2.38 bits per heavy atom. The monoisotopic (exact) mass is 368 g/mol. The molecule has 0 saturated heterocycles. The minimum Gasteiger partial charge on any atom is -0.361 e. The molecule has 2 aromatic heterocycles. The van der Waals surface area contributed by atoms with Crippen molar-refractivity contribution in [2.75, 3.05) is 0 Å². The van der Waals surface area contributed by atoms with E-state index in [0.717, 1.165) is 21.7 Å². The first-order valence-corrected chi connectivity index (χ1v) is 9.68. The van der Waals surface area contributed by atoms with Crippen LogP contribution >= 0.6 is 11.3 Å². The summed E-state index contributed by atoms with van der Waals surface area (Å²) < 4.78 is 5.17. The molecule has 0 spiro atoms. The first kappa shape index (κ1) is 18.4. The van der Waals surface area contributed by atoms with Gasteiger partial charge in [0.15, 0.2) is 0 Å². The van der Waals surface area contributed by atoms with Crippen LogP contribution in [0.25, 0.3) is 0 Å². The van der Waals surface area contributed by atoms with E-state index in [2.05, 4.69) is 54.7 Å². The molecule has 0 aliphatic carbocycles. The molecule has 1 N–H and O–H groups in total. The number of amides is 1. The maximum atomic E-state index is 12.7. The fraction of sp³-hybridized carbons (Fsp3) is 0.333. The lowest BCUT2D eigenvalue weighted by Crippen LogP contribution is -2.30. The summed E-state index contributed by atoms with van der Waals surface area (Å²) in [5.74, 6) is 1.15. The van der Waals surface area contributed by atoms with Crippen molar-refractivity contribution in [3.05, 3.63) is 74.8 Å². The fourth-order valence-electron chi connectivity index (χ4n) is 2.97. The first-order chi connectivity index (χ1) is 12.5. The number of carbonyl (C=O) groups excluding carboxylic acids is 1. The van der Waals surface area contributed by atoms with Gasteiger partial charge in [-0.3, -0.25) is 4.79 Å². The predicted molar refractivity (Wildman–Crippen MR) is 105 cm³/mol. The normalized spacial score (nSPS) is 12.3. The van der Waals surface area contributed by atoms with Crippen molar-refractivity contribution >= 4 is 17.2 Å². The number of hydrogen-bond acceptors (Lipinski definition) is 4. The molecule has 26 heavy (non-hydrogen) atoms. The molecule has 0 aliphatic rings. The van der Waals surface area contributed by atoms with Crippen LogP contribution in [0.2, 0.25) is 0 Å². The zero-order chi connectivity index (χ0) is 18.7. The molecule has 0 radical (unpaired) electrons. The Kier molecular flexibility index (Phi) is 5.57. The third-order valence-electron chi connectivity index (χ3n) is 4.59. The SMILES string of the molecule is Cc1noc(C)c1CC(=O)N[C@H](c1ccc(C(C)C)cc1)c1cccs1. The number of nitrogens with zero attached hydrogens (tertiary/aromatic N) is 1. The van der Waals surface area contributed by atoms with E-state index in [0.29, 0.717) is 11.7 Å². The van der Waals surface area contributed by atoms with Crippen LogP contribution in [0.3, 0.4) is 0 Å². The standard InChI is InChI=1S/C21H24N2O2S/c1-13(2)16-7-9-17(10-8-16)21(19-6-5-11-26-19)22-20(24)12-18-14(3)23-25-15(18)4/h5-11,13,21H,12H2,1-4H3,(H,22,24)/t21-/m1/s1. The van der Waals surface area contributed by atoms with Crippen LogP contribution in [0.15, 0.2) is 46.3 Å². The van der Waals surface area contributed by atoms with Crippen LogP contribution in [0.1, 0.15) is 58.8 Å². The van der Waals surface area contributed by atoms with Crippen molar-refractivity contribution in [1.29, 1.82) is 0 Å². The number of aromatic nitrogens is 1. The summed E-state index contributed by atoms with van der Waals surface area (Å²) in [6.45, 7) is 8.05. The van der Waals surface area contributed by atoms with E-state index >= 15 is 0 Å². The van der Waals surface area contributed by atoms with Gasteiger partial charge in [0.25, 0.3) is 0 Å². The Hall–Kier alpha value is -2.40. The Balaban J connectivity index is 1.82. The van der Waals surface area contributed by atoms with Crippen LogP contribution in [-0.4, -0.2) is 11.1 Å². The summed E-state index contributed by atoms with van der Waals surface area (Å²) in [5, 5.41) is 9.14. The van der Waals surface area contributed by atoms with Gasteiger partial charge in [0, 0.05) is 10.4 Å². The van der Waals surface area contributed by atoms with Gasteiger partial charge in [-0.25, -0.2) is 0 Å². The van der Waals surface area contributed by atoms with Gasteiger partial charge in [-0.15, -0.1) is 11.3 Å². The Labute approximate surface area is 158 Å². The first-order valence-electron chi connectivity index (χ1n) is 8.80. The topological polar surface area (TPSA) is 55.1 Å². The van der Waals surface area contributed by atoms with Gasteiger partial charge in [0.2, 0.25) is 5.91 Å². The second kappa shape index (κ2) is 7.87. The molecule has 0 saturated carbocycles. The van der Waals surface area contributed by atoms with Crippen LogP contribution < -0.4 is 5.32 Å². The van der Waals surface area contributed by atoms with Gasteiger partial charge in [0.05, 0.1) is 18.2 Å². The van der Waals surface area contributed by atoms with Gasteiger partial charge < -0.3 is 9.84 Å². The highest BCUT2D eigenvalue weighted by molar-refractivity contribution is 7.10. The molecule has 1 atom stereocenters. The highest BCUT2D eigenvalue weighted by Crippen LogP contribution is 2.28. The minimum absolute atomic E-state index is 0.0364. The van der Waals surface area contributed by atoms with Gasteiger partial charge in [0.1, 0.15) is 5.76 Å². The van der Waals surface area contributed by atoms with Gasteiger partial charge in [-0.2, -0.15) is 0 Å². The summed E-state index contributed by atoms with van der Waals surface area (Å²) in [7, 11) is 0. The van der Waals surface area contributed by atoms with Crippen molar-refractivity contribution in [2.24, 2.45) is 0 Å². The molecule has 1 aromatic carbocycles. The minimum atomic E-state index is -0.149. The second-order valence-corrected chi connectivity index (χ2v) is 7.80.